The first kappa shape index (κ1) is 26.4. The molecule has 3 aromatic carbocycles. The second-order valence-corrected chi connectivity index (χ2v) is 10.2. The Kier molecular flexibility index (Phi) is 9.04. The Hall–Kier alpha value is -3.19. The maximum absolute atomic E-state index is 14.6. The van der Waals surface area contributed by atoms with Crippen molar-refractivity contribution in [3.05, 3.63) is 100 Å². The monoisotopic (exact) mass is 540 g/mol. The Morgan fingerprint density at radius 2 is 1.60 bits per heavy atom. The van der Waals surface area contributed by atoms with Crippen molar-refractivity contribution in [1.29, 1.82) is 0 Å². The van der Waals surface area contributed by atoms with Gasteiger partial charge in [-0.2, -0.15) is 0 Å². The van der Waals surface area contributed by atoms with Crippen LogP contribution < -0.4 is 10.1 Å². The van der Waals surface area contributed by atoms with Gasteiger partial charge in [0.1, 0.15) is 17.6 Å². The summed E-state index contributed by atoms with van der Waals surface area (Å²) in [6.07, 6.45) is 0.279. The van der Waals surface area contributed by atoms with E-state index in [9.17, 15) is 14.0 Å². The lowest BCUT2D eigenvalue weighted by Gasteiger charge is -2.33. The summed E-state index contributed by atoms with van der Waals surface area (Å²) in [6, 6.07) is 22.0. The number of nitrogens with one attached hydrogen (secondary N) is 1. The molecule has 3 aromatic rings. The molecule has 0 heterocycles. The Balaban J connectivity index is 1.93. The van der Waals surface area contributed by atoms with Gasteiger partial charge in [0, 0.05) is 28.5 Å². The van der Waals surface area contributed by atoms with Crippen LogP contribution >= 0.6 is 15.9 Å². The molecule has 0 bridgehead atoms. The zero-order valence-electron chi connectivity index (χ0n) is 20.1. The Morgan fingerprint density at radius 3 is 2.23 bits per heavy atom. The molecule has 0 aliphatic carbocycles. The van der Waals surface area contributed by atoms with Crippen LogP contribution in [-0.2, 0) is 22.6 Å². The van der Waals surface area contributed by atoms with Gasteiger partial charge in [-0.25, -0.2) is 4.39 Å². The standard InChI is InChI=1S/C28H30BrFN2O3/c1-28(2,3)31-27(34)25(17-20-9-5-4-6-10-20)32(18-21-11-7-8-12-24(21)30)26(33)19-35-23-15-13-22(29)14-16-23/h4-16,25H,17-19H2,1-3H3,(H,31,34). The van der Waals surface area contributed by atoms with Crippen LogP contribution in [0.2, 0.25) is 0 Å². The van der Waals surface area contributed by atoms with E-state index < -0.39 is 23.3 Å². The second kappa shape index (κ2) is 12.0. The number of halogens is 2. The van der Waals surface area contributed by atoms with E-state index in [4.69, 9.17) is 4.74 Å². The number of carbonyl (C=O) groups excluding carboxylic acids is 2. The number of nitrogens with zero attached hydrogens (tertiary/aromatic N) is 1. The van der Waals surface area contributed by atoms with E-state index in [1.165, 1.54) is 11.0 Å². The highest BCUT2D eigenvalue weighted by molar-refractivity contribution is 9.10. The molecule has 0 aliphatic heterocycles. The number of amides is 2. The Bertz CT molecular complexity index is 1130. The van der Waals surface area contributed by atoms with Gasteiger partial charge in [0.25, 0.3) is 5.91 Å². The van der Waals surface area contributed by atoms with Crippen LogP contribution in [-0.4, -0.2) is 34.9 Å². The first-order valence-corrected chi connectivity index (χ1v) is 12.2. The zero-order valence-corrected chi connectivity index (χ0v) is 21.7. The van der Waals surface area contributed by atoms with E-state index in [-0.39, 0.29) is 25.5 Å². The number of benzene rings is 3. The minimum Gasteiger partial charge on any atom is -0.484 e. The van der Waals surface area contributed by atoms with Crippen LogP contribution in [0.4, 0.5) is 4.39 Å². The highest BCUT2D eigenvalue weighted by Gasteiger charge is 2.32. The van der Waals surface area contributed by atoms with Crippen LogP contribution in [0.1, 0.15) is 31.9 Å². The van der Waals surface area contributed by atoms with Crippen LogP contribution in [0.5, 0.6) is 5.75 Å². The van der Waals surface area contributed by atoms with Crippen molar-refractivity contribution in [2.24, 2.45) is 0 Å². The third-order valence-corrected chi connectivity index (χ3v) is 5.77. The molecule has 5 nitrogen and oxygen atoms in total. The fourth-order valence-electron chi connectivity index (χ4n) is 3.58. The molecule has 0 saturated heterocycles. The summed E-state index contributed by atoms with van der Waals surface area (Å²) < 4.78 is 21.2. The van der Waals surface area contributed by atoms with Crippen LogP contribution in [0, 0.1) is 5.82 Å². The first-order valence-electron chi connectivity index (χ1n) is 11.4. The molecule has 2 amide bonds. The molecule has 184 valence electrons. The predicted molar refractivity (Wildman–Crippen MR) is 138 cm³/mol. The lowest BCUT2D eigenvalue weighted by Crippen LogP contribution is -2.55. The van der Waals surface area contributed by atoms with Gasteiger partial charge >= 0.3 is 0 Å². The molecule has 3 rings (SSSR count). The van der Waals surface area contributed by atoms with Crippen LogP contribution in [0.15, 0.2) is 83.3 Å². The van der Waals surface area contributed by atoms with Crippen molar-refractivity contribution < 1.29 is 18.7 Å². The lowest BCUT2D eigenvalue weighted by molar-refractivity contribution is -0.143. The lowest BCUT2D eigenvalue weighted by atomic mass is 10.0. The minimum absolute atomic E-state index is 0.0652. The van der Waals surface area contributed by atoms with Gasteiger partial charge in [-0.05, 0) is 56.7 Å². The fraction of sp³-hybridized carbons (Fsp3) is 0.286. The highest BCUT2D eigenvalue weighted by Crippen LogP contribution is 2.19. The Labute approximate surface area is 214 Å². The SMILES string of the molecule is CC(C)(C)NC(=O)C(Cc1ccccc1)N(Cc1ccccc1F)C(=O)COc1ccc(Br)cc1. The summed E-state index contributed by atoms with van der Waals surface area (Å²) in [4.78, 5) is 28.3. The van der Waals surface area contributed by atoms with Gasteiger partial charge in [0.15, 0.2) is 6.61 Å². The van der Waals surface area contributed by atoms with Gasteiger partial charge in [0.05, 0.1) is 0 Å². The van der Waals surface area contributed by atoms with E-state index in [1.807, 2.05) is 63.2 Å². The van der Waals surface area contributed by atoms with E-state index in [1.54, 1.807) is 30.3 Å². The number of ether oxygens (including phenoxy) is 1. The van der Waals surface area contributed by atoms with Crippen molar-refractivity contribution in [2.45, 2.75) is 45.3 Å². The van der Waals surface area contributed by atoms with Crippen molar-refractivity contribution in [3.8, 4) is 5.75 Å². The van der Waals surface area contributed by atoms with Gasteiger partial charge in [0.2, 0.25) is 5.91 Å². The molecule has 1 unspecified atom stereocenters. The average molecular weight is 541 g/mol. The summed E-state index contributed by atoms with van der Waals surface area (Å²) in [5.74, 6) is -0.643. The molecule has 0 aromatic heterocycles. The van der Waals surface area contributed by atoms with Gasteiger partial charge in [-0.15, -0.1) is 0 Å². The van der Waals surface area contributed by atoms with Gasteiger partial charge in [-0.1, -0.05) is 64.5 Å². The summed E-state index contributed by atoms with van der Waals surface area (Å²) in [5.41, 5.74) is 0.708. The fourth-order valence-corrected chi connectivity index (χ4v) is 3.84. The number of carbonyl (C=O) groups is 2. The molecular weight excluding hydrogens is 511 g/mol. The maximum Gasteiger partial charge on any atom is 0.261 e. The van der Waals surface area contributed by atoms with E-state index in [2.05, 4.69) is 21.2 Å². The van der Waals surface area contributed by atoms with Gasteiger partial charge < -0.3 is 15.0 Å². The third-order valence-electron chi connectivity index (χ3n) is 5.24. The summed E-state index contributed by atoms with van der Waals surface area (Å²) in [5, 5.41) is 2.98. The molecule has 35 heavy (non-hydrogen) atoms. The van der Waals surface area contributed by atoms with Crippen LogP contribution in [0.25, 0.3) is 0 Å². The molecule has 7 heteroatoms. The first-order chi connectivity index (χ1) is 16.6. The van der Waals surface area contributed by atoms with Crippen molar-refractivity contribution >= 4 is 27.7 Å². The summed E-state index contributed by atoms with van der Waals surface area (Å²) >= 11 is 3.37. The minimum atomic E-state index is -0.864. The molecule has 0 spiro atoms. The molecule has 0 aliphatic rings. The smallest absolute Gasteiger partial charge is 0.261 e. The molecule has 1 N–H and O–H groups in total. The molecular formula is C28H30BrFN2O3. The zero-order chi connectivity index (χ0) is 25.4. The largest absolute Gasteiger partial charge is 0.484 e. The summed E-state index contributed by atoms with van der Waals surface area (Å²) in [7, 11) is 0. The van der Waals surface area contributed by atoms with Gasteiger partial charge in [-0.3, -0.25) is 9.59 Å². The van der Waals surface area contributed by atoms with Crippen molar-refractivity contribution in [3.63, 3.8) is 0 Å². The van der Waals surface area contributed by atoms with E-state index in [0.29, 0.717) is 11.3 Å². The quantitative estimate of drug-likeness (QED) is 0.388. The number of rotatable bonds is 9. The molecule has 1 atom stereocenters. The topological polar surface area (TPSA) is 58.6 Å². The molecule has 0 fully saturated rings. The third kappa shape index (κ3) is 8.21. The second-order valence-electron chi connectivity index (χ2n) is 9.30. The maximum atomic E-state index is 14.6. The average Bonchev–Trinajstić information content (AvgIpc) is 2.81. The Morgan fingerprint density at radius 1 is 0.971 bits per heavy atom. The van der Waals surface area contributed by atoms with E-state index >= 15 is 0 Å². The van der Waals surface area contributed by atoms with E-state index in [0.717, 1.165) is 10.0 Å². The summed E-state index contributed by atoms with van der Waals surface area (Å²) in [6.45, 7) is 5.28. The van der Waals surface area contributed by atoms with Crippen LogP contribution in [0.3, 0.4) is 0 Å². The van der Waals surface area contributed by atoms with Crippen molar-refractivity contribution in [1.82, 2.24) is 10.2 Å². The number of hydrogen-bond acceptors (Lipinski definition) is 3. The number of hydrogen-bond donors (Lipinski definition) is 1. The van der Waals surface area contributed by atoms with Crippen molar-refractivity contribution in [2.75, 3.05) is 6.61 Å². The molecule has 0 saturated carbocycles. The normalized spacial score (nSPS) is 12.0. The predicted octanol–water partition coefficient (Wildman–Crippen LogP) is 5.52. The highest BCUT2D eigenvalue weighted by atomic mass is 79.9. The molecule has 0 radical (unpaired) electrons.